The molecule has 0 heterocycles. The summed E-state index contributed by atoms with van der Waals surface area (Å²) >= 11 is 0. The molecule has 100 valence electrons. The van der Waals surface area contributed by atoms with Gasteiger partial charge < -0.3 is 9.84 Å². The first-order valence-electron chi connectivity index (χ1n) is 5.28. The Labute approximate surface area is 106 Å². The summed E-state index contributed by atoms with van der Waals surface area (Å²) in [6.45, 7) is 2.56. The van der Waals surface area contributed by atoms with Gasteiger partial charge in [0.1, 0.15) is 5.75 Å². The predicted molar refractivity (Wildman–Crippen MR) is 67.3 cm³/mol. The fourth-order valence-corrected chi connectivity index (χ4v) is 1.80. The van der Waals surface area contributed by atoms with Crippen LogP contribution in [0, 0.1) is 0 Å². The highest BCUT2D eigenvalue weighted by Gasteiger charge is 2.17. The molecule has 0 amide bonds. The molecule has 0 spiro atoms. The monoisotopic (exact) mass is 273 g/mol. The van der Waals surface area contributed by atoms with Gasteiger partial charge in [-0.1, -0.05) is 12.1 Å². The molecule has 18 heavy (non-hydrogen) atoms. The molecular formula is C11H15NO5S. The van der Waals surface area contributed by atoms with Crippen molar-refractivity contribution in [2.45, 2.75) is 19.1 Å². The van der Waals surface area contributed by atoms with Crippen molar-refractivity contribution in [3.63, 3.8) is 0 Å². The van der Waals surface area contributed by atoms with Gasteiger partial charge in [0.05, 0.1) is 10.9 Å². The first kappa shape index (κ1) is 14.3. The molecule has 1 aromatic carbocycles. The van der Waals surface area contributed by atoms with Crippen LogP contribution in [0.4, 0.5) is 5.69 Å². The topological polar surface area (TPSA) is 92.7 Å². The average Bonchev–Trinajstić information content (AvgIpc) is 2.27. The Morgan fingerprint density at radius 1 is 1.39 bits per heavy atom. The summed E-state index contributed by atoms with van der Waals surface area (Å²) in [6, 6.07) is 6.27. The van der Waals surface area contributed by atoms with Crippen molar-refractivity contribution in [2.24, 2.45) is 0 Å². The van der Waals surface area contributed by atoms with E-state index in [0.29, 0.717) is 0 Å². The van der Waals surface area contributed by atoms with Gasteiger partial charge in [-0.2, -0.15) is 0 Å². The lowest BCUT2D eigenvalue weighted by atomic mass is 10.3. The first-order valence-corrected chi connectivity index (χ1v) is 6.83. The standard InChI is InChI=1S/C11H15NO5S/c1-8(2)18(15,16)12-9-5-3-4-6-10(9)17-7-11(13)14/h3-6,8,12H,7H2,1-2H3,(H,13,14). The molecule has 0 bridgehead atoms. The van der Waals surface area contributed by atoms with E-state index in [2.05, 4.69) is 4.72 Å². The molecule has 0 aliphatic heterocycles. The van der Waals surface area contributed by atoms with Gasteiger partial charge in [-0.3, -0.25) is 4.72 Å². The fraction of sp³-hybridized carbons (Fsp3) is 0.364. The third-order valence-electron chi connectivity index (χ3n) is 2.11. The summed E-state index contributed by atoms with van der Waals surface area (Å²) in [5.41, 5.74) is 0.229. The van der Waals surface area contributed by atoms with Crippen LogP contribution in [0.3, 0.4) is 0 Å². The fourth-order valence-electron chi connectivity index (χ4n) is 1.09. The number of benzene rings is 1. The Morgan fingerprint density at radius 2 is 2.00 bits per heavy atom. The SMILES string of the molecule is CC(C)S(=O)(=O)Nc1ccccc1OCC(=O)O. The zero-order valence-electron chi connectivity index (χ0n) is 10.1. The van der Waals surface area contributed by atoms with Crippen LogP contribution in [0.25, 0.3) is 0 Å². The number of rotatable bonds is 6. The number of carboxylic acid groups (broad SMARTS) is 1. The second-order valence-electron chi connectivity index (χ2n) is 3.87. The number of nitrogens with one attached hydrogen (secondary N) is 1. The number of ether oxygens (including phenoxy) is 1. The van der Waals surface area contributed by atoms with Gasteiger partial charge in [-0.05, 0) is 26.0 Å². The molecule has 1 rings (SSSR count). The molecule has 6 nitrogen and oxygen atoms in total. The molecular weight excluding hydrogens is 258 g/mol. The summed E-state index contributed by atoms with van der Waals surface area (Å²) < 4.78 is 30.8. The lowest BCUT2D eigenvalue weighted by Crippen LogP contribution is -2.23. The maximum atomic E-state index is 11.7. The second kappa shape index (κ2) is 5.72. The lowest BCUT2D eigenvalue weighted by Gasteiger charge is -2.14. The average molecular weight is 273 g/mol. The van der Waals surface area contributed by atoms with Crippen LogP contribution in [-0.2, 0) is 14.8 Å². The normalized spacial score (nSPS) is 11.3. The van der Waals surface area contributed by atoms with E-state index < -0.39 is 27.8 Å². The van der Waals surface area contributed by atoms with Crippen LogP contribution in [0.5, 0.6) is 5.75 Å². The highest BCUT2D eigenvalue weighted by Crippen LogP contribution is 2.25. The van der Waals surface area contributed by atoms with E-state index in [9.17, 15) is 13.2 Å². The molecule has 2 N–H and O–H groups in total. The van der Waals surface area contributed by atoms with Crippen LogP contribution >= 0.6 is 0 Å². The van der Waals surface area contributed by atoms with E-state index in [4.69, 9.17) is 9.84 Å². The number of hydrogen-bond donors (Lipinski definition) is 2. The molecule has 0 aromatic heterocycles. The summed E-state index contributed by atoms with van der Waals surface area (Å²) in [7, 11) is -3.49. The molecule has 0 unspecified atom stereocenters. The zero-order chi connectivity index (χ0) is 13.8. The van der Waals surface area contributed by atoms with Crippen molar-refractivity contribution >= 4 is 21.7 Å². The first-order chi connectivity index (χ1) is 8.33. The van der Waals surface area contributed by atoms with Crippen molar-refractivity contribution in [3.05, 3.63) is 24.3 Å². The van der Waals surface area contributed by atoms with Gasteiger partial charge in [-0.15, -0.1) is 0 Å². The maximum Gasteiger partial charge on any atom is 0.341 e. The van der Waals surface area contributed by atoms with E-state index >= 15 is 0 Å². The minimum absolute atomic E-state index is 0.184. The van der Waals surface area contributed by atoms with E-state index in [1.165, 1.54) is 12.1 Å². The van der Waals surface area contributed by atoms with Crippen molar-refractivity contribution in [1.82, 2.24) is 0 Å². The third kappa shape index (κ3) is 3.92. The molecule has 0 saturated heterocycles. The Morgan fingerprint density at radius 3 is 2.56 bits per heavy atom. The molecule has 0 saturated carbocycles. The summed E-state index contributed by atoms with van der Waals surface area (Å²) in [5.74, 6) is -0.944. The predicted octanol–water partition coefficient (Wildman–Crippen LogP) is 1.30. The highest BCUT2D eigenvalue weighted by molar-refractivity contribution is 7.93. The van der Waals surface area contributed by atoms with Crippen molar-refractivity contribution in [1.29, 1.82) is 0 Å². The van der Waals surface area contributed by atoms with E-state index in [1.807, 2.05) is 0 Å². The van der Waals surface area contributed by atoms with Crippen LogP contribution in [0.2, 0.25) is 0 Å². The quantitative estimate of drug-likeness (QED) is 0.815. The van der Waals surface area contributed by atoms with Gasteiger partial charge in [0.25, 0.3) is 0 Å². The molecule has 0 atom stereocenters. The molecule has 0 aliphatic rings. The van der Waals surface area contributed by atoms with Gasteiger partial charge in [0, 0.05) is 0 Å². The van der Waals surface area contributed by atoms with Crippen LogP contribution in [0.15, 0.2) is 24.3 Å². The number of aliphatic carboxylic acids is 1. The number of hydrogen-bond acceptors (Lipinski definition) is 4. The van der Waals surface area contributed by atoms with Crippen LogP contribution < -0.4 is 9.46 Å². The molecule has 0 fully saturated rings. The largest absolute Gasteiger partial charge is 0.480 e. The molecule has 1 aromatic rings. The summed E-state index contributed by atoms with van der Waals surface area (Å²) in [5, 5.41) is 7.93. The number of carbonyl (C=O) groups is 1. The molecule has 7 heteroatoms. The Hall–Kier alpha value is -1.76. The van der Waals surface area contributed by atoms with E-state index in [1.54, 1.807) is 26.0 Å². The molecule has 0 radical (unpaired) electrons. The van der Waals surface area contributed by atoms with Gasteiger partial charge in [-0.25, -0.2) is 13.2 Å². The number of carboxylic acids is 1. The lowest BCUT2D eigenvalue weighted by molar-refractivity contribution is -0.139. The van der Waals surface area contributed by atoms with Crippen molar-refractivity contribution in [3.8, 4) is 5.75 Å². The minimum atomic E-state index is -3.49. The highest BCUT2D eigenvalue weighted by atomic mass is 32.2. The van der Waals surface area contributed by atoms with E-state index in [-0.39, 0.29) is 11.4 Å². The van der Waals surface area contributed by atoms with Gasteiger partial charge in [0.2, 0.25) is 10.0 Å². The summed E-state index contributed by atoms with van der Waals surface area (Å²) in [6.07, 6.45) is 0. The Balaban J connectivity index is 2.92. The Bertz CT molecular complexity index is 524. The van der Waals surface area contributed by atoms with Crippen molar-refractivity contribution < 1.29 is 23.1 Å². The minimum Gasteiger partial charge on any atom is -0.480 e. The number of anilines is 1. The number of para-hydroxylation sites is 2. The van der Waals surface area contributed by atoms with Crippen LogP contribution in [0.1, 0.15) is 13.8 Å². The van der Waals surface area contributed by atoms with Crippen molar-refractivity contribution in [2.75, 3.05) is 11.3 Å². The zero-order valence-corrected chi connectivity index (χ0v) is 10.9. The Kier molecular flexibility index (Phi) is 4.55. The number of sulfonamides is 1. The van der Waals surface area contributed by atoms with E-state index in [0.717, 1.165) is 0 Å². The molecule has 0 aliphatic carbocycles. The smallest absolute Gasteiger partial charge is 0.341 e. The second-order valence-corrected chi connectivity index (χ2v) is 6.11. The van der Waals surface area contributed by atoms with Gasteiger partial charge in [0.15, 0.2) is 6.61 Å². The summed E-state index contributed by atoms with van der Waals surface area (Å²) in [4.78, 5) is 10.4. The van der Waals surface area contributed by atoms with Gasteiger partial charge >= 0.3 is 5.97 Å². The van der Waals surface area contributed by atoms with Crippen LogP contribution in [-0.4, -0.2) is 31.4 Å². The maximum absolute atomic E-state index is 11.7. The third-order valence-corrected chi connectivity index (χ3v) is 3.86.